The van der Waals surface area contributed by atoms with Crippen LogP contribution >= 0.6 is 0 Å². The normalized spacial score (nSPS) is 17.2. The lowest BCUT2D eigenvalue weighted by atomic mass is 10.1. The Morgan fingerprint density at radius 1 is 1.23 bits per heavy atom. The van der Waals surface area contributed by atoms with Crippen LogP contribution < -0.4 is 15.5 Å². The van der Waals surface area contributed by atoms with Crippen molar-refractivity contribution in [1.29, 1.82) is 0 Å². The van der Waals surface area contributed by atoms with Gasteiger partial charge in [-0.1, -0.05) is 17.7 Å². The van der Waals surface area contributed by atoms with Crippen LogP contribution in [0.5, 0.6) is 0 Å². The highest BCUT2D eigenvalue weighted by Crippen LogP contribution is 2.11. The molecule has 2 atom stereocenters. The number of anilines is 1. The summed E-state index contributed by atoms with van der Waals surface area (Å²) in [7, 11) is 0. The van der Waals surface area contributed by atoms with Crippen LogP contribution in [-0.2, 0) is 4.79 Å². The van der Waals surface area contributed by atoms with Gasteiger partial charge in [0.25, 0.3) is 0 Å². The number of carbonyl (C=O) groups excluding carboxylic acids is 1. The Morgan fingerprint density at radius 3 is 2.62 bits per heavy atom. The van der Waals surface area contributed by atoms with Crippen LogP contribution in [0.3, 0.4) is 0 Å². The number of nitrogens with one attached hydrogen (secondary N) is 2. The zero-order valence-corrected chi connectivity index (χ0v) is 15.8. The van der Waals surface area contributed by atoms with Crippen LogP contribution in [0.2, 0.25) is 0 Å². The molecule has 4 N–H and O–H groups in total. The van der Waals surface area contributed by atoms with Crippen LogP contribution in [0.25, 0.3) is 0 Å². The predicted octanol–water partition coefficient (Wildman–Crippen LogP) is 1.29. The SMILES string of the molecule is Cc1ccc(NC(=O)C[C@H](C)[NH2+]C[C@H](c2ccco2)[NH+]2CCCC2)cc1. The highest BCUT2D eigenvalue weighted by atomic mass is 16.3. The van der Waals surface area contributed by atoms with Crippen LogP contribution in [0.4, 0.5) is 5.69 Å². The van der Waals surface area contributed by atoms with Crippen molar-refractivity contribution in [3.8, 4) is 0 Å². The lowest BCUT2D eigenvalue weighted by Crippen LogP contribution is -3.13. The van der Waals surface area contributed by atoms with Gasteiger partial charge in [-0.25, -0.2) is 0 Å². The van der Waals surface area contributed by atoms with Gasteiger partial charge in [0.05, 0.1) is 31.8 Å². The molecule has 5 nitrogen and oxygen atoms in total. The van der Waals surface area contributed by atoms with E-state index >= 15 is 0 Å². The molecule has 5 heteroatoms. The van der Waals surface area contributed by atoms with Crippen LogP contribution in [0.1, 0.15) is 43.6 Å². The smallest absolute Gasteiger partial charge is 0.230 e. The molecule has 1 aromatic carbocycles. The van der Waals surface area contributed by atoms with E-state index in [1.807, 2.05) is 37.3 Å². The number of furan rings is 1. The Morgan fingerprint density at radius 2 is 1.96 bits per heavy atom. The summed E-state index contributed by atoms with van der Waals surface area (Å²) < 4.78 is 5.69. The van der Waals surface area contributed by atoms with E-state index in [9.17, 15) is 4.79 Å². The summed E-state index contributed by atoms with van der Waals surface area (Å²) in [5.41, 5.74) is 2.06. The number of carbonyl (C=O) groups is 1. The van der Waals surface area contributed by atoms with E-state index < -0.39 is 0 Å². The van der Waals surface area contributed by atoms with E-state index in [0.717, 1.165) is 18.0 Å². The molecule has 1 fully saturated rings. The van der Waals surface area contributed by atoms with Crippen molar-refractivity contribution in [2.24, 2.45) is 0 Å². The predicted molar refractivity (Wildman–Crippen MR) is 102 cm³/mol. The van der Waals surface area contributed by atoms with Gasteiger partial charge in [-0.15, -0.1) is 0 Å². The summed E-state index contributed by atoms with van der Waals surface area (Å²) in [6.45, 7) is 7.53. The molecule has 1 aliphatic rings. The molecule has 2 aromatic rings. The van der Waals surface area contributed by atoms with Crippen molar-refractivity contribution in [3.05, 3.63) is 54.0 Å². The zero-order chi connectivity index (χ0) is 18.4. The van der Waals surface area contributed by atoms with Gasteiger partial charge in [-0.05, 0) is 38.1 Å². The van der Waals surface area contributed by atoms with Crippen molar-refractivity contribution in [1.82, 2.24) is 0 Å². The minimum Gasteiger partial charge on any atom is -0.463 e. The fourth-order valence-corrected chi connectivity index (χ4v) is 3.74. The number of amides is 1. The topological polar surface area (TPSA) is 63.3 Å². The third-order valence-corrected chi connectivity index (χ3v) is 5.24. The first-order valence-electron chi connectivity index (χ1n) is 9.69. The minimum absolute atomic E-state index is 0.0701. The fraction of sp³-hybridized carbons (Fsp3) is 0.476. The number of benzene rings is 1. The molecule has 1 saturated heterocycles. The Labute approximate surface area is 155 Å². The van der Waals surface area contributed by atoms with E-state index in [2.05, 4.69) is 23.6 Å². The summed E-state index contributed by atoms with van der Waals surface area (Å²) in [5.74, 6) is 1.13. The average molecular weight is 357 g/mol. The Bertz CT molecular complexity index is 676. The van der Waals surface area contributed by atoms with E-state index in [4.69, 9.17) is 4.42 Å². The molecule has 0 saturated carbocycles. The zero-order valence-electron chi connectivity index (χ0n) is 15.8. The molecule has 0 spiro atoms. The third-order valence-electron chi connectivity index (χ3n) is 5.24. The molecule has 0 bridgehead atoms. The highest BCUT2D eigenvalue weighted by molar-refractivity contribution is 5.90. The second-order valence-corrected chi connectivity index (χ2v) is 7.50. The van der Waals surface area contributed by atoms with Gasteiger partial charge in [-0.2, -0.15) is 0 Å². The summed E-state index contributed by atoms with van der Waals surface area (Å²) >= 11 is 0. The monoisotopic (exact) mass is 357 g/mol. The van der Waals surface area contributed by atoms with E-state index in [1.54, 1.807) is 11.2 Å². The Hall–Kier alpha value is -2.11. The van der Waals surface area contributed by atoms with Crippen LogP contribution in [-0.4, -0.2) is 31.6 Å². The molecule has 1 aromatic heterocycles. The molecule has 26 heavy (non-hydrogen) atoms. The molecule has 1 amide bonds. The van der Waals surface area contributed by atoms with Gasteiger partial charge >= 0.3 is 0 Å². The molecule has 0 unspecified atom stereocenters. The molecule has 0 aliphatic carbocycles. The number of likely N-dealkylation sites (tertiary alicyclic amines) is 1. The maximum Gasteiger partial charge on any atom is 0.230 e. The maximum atomic E-state index is 12.3. The minimum atomic E-state index is 0.0701. The largest absolute Gasteiger partial charge is 0.463 e. The van der Waals surface area contributed by atoms with Crippen molar-refractivity contribution in [3.63, 3.8) is 0 Å². The van der Waals surface area contributed by atoms with Crippen LogP contribution in [0.15, 0.2) is 47.1 Å². The number of aryl methyl sites for hydroxylation is 1. The standard InChI is InChI=1S/C21H29N3O2/c1-16-7-9-18(10-8-16)23-21(25)14-17(2)22-15-19(20-6-5-13-26-20)24-11-3-4-12-24/h5-10,13,17,19,22H,3-4,11-12,14-15H2,1-2H3,(H,23,25)/p+2/t17-,19+/m0/s1. The third kappa shape index (κ3) is 5.19. The van der Waals surface area contributed by atoms with Crippen molar-refractivity contribution in [2.45, 2.75) is 45.2 Å². The van der Waals surface area contributed by atoms with Gasteiger partial charge in [0.1, 0.15) is 6.54 Å². The number of rotatable bonds is 8. The van der Waals surface area contributed by atoms with Crippen molar-refractivity contribution >= 4 is 11.6 Å². The molecule has 0 radical (unpaired) electrons. The summed E-state index contributed by atoms with van der Waals surface area (Å²) in [6.07, 6.45) is 4.85. The van der Waals surface area contributed by atoms with Gasteiger partial charge in [-0.3, -0.25) is 4.79 Å². The molecule has 140 valence electrons. The Balaban J connectivity index is 1.49. The lowest BCUT2D eigenvalue weighted by Gasteiger charge is -2.22. The van der Waals surface area contributed by atoms with Crippen LogP contribution in [0, 0.1) is 6.92 Å². The summed E-state index contributed by atoms with van der Waals surface area (Å²) in [4.78, 5) is 13.9. The van der Waals surface area contributed by atoms with Crippen molar-refractivity contribution < 1.29 is 19.4 Å². The number of nitrogens with two attached hydrogens (primary N) is 1. The second kappa shape index (κ2) is 9.01. The first-order chi connectivity index (χ1) is 12.6. The first-order valence-corrected chi connectivity index (χ1v) is 9.69. The van der Waals surface area contributed by atoms with Gasteiger partial charge in [0.15, 0.2) is 11.8 Å². The Kier molecular flexibility index (Phi) is 6.47. The van der Waals surface area contributed by atoms with E-state index in [0.29, 0.717) is 12.5 Å². The number of hydrogen-bond donors (Lipinski definition) is 3. The summed E-state index contributed by atoms with van der Waals surface area (Å²) in [6, 6.07) is 12.6. The lowest BCUT2D eigenvalue weighted by molar-refractivity contribution is -0.937. The summed E-state index contributed by atoms with van der Waals surface area (Å²) in [5, 5.41) is 5.27. The molecule has 3 rings (SSSR count). The first kappa shape index (κ1) is 18.7. The van der Waals surface area contributed by atoms with Crippen molar-refractivity contribution in [2.75, 3.05) is 25.0 Å². The molecular formula is C21H31N3O2+2. The van der Waals surface area contributed by atoms with E-state index in [1.165, 1.54) is 31.5 Å². The van der Waals surface area contributed by atoms with Gasteiger partial charge in [0.2, 0.25) is 5.91 Å². The maximum absolute atomic E-state index is 12.3. The van der Waals surface area contributed by atoms with E-state index in [-0.39, 0.29) is 11.9 Å². The number of hydrogen-bond acceptors (Lipinski definition) is 2. The molecule has 2 heterocycles. The quantitative estimate of drug-likeness (QED) is 0.667. The second-order valence-electron chi connectivity index (χ2n) is 7.50. The average Bonchev–Trinajstić information content (AvgIpc) is 3.31. The number of quaternary nitrogens is 2. The fourth-order valence-electron chi connectivity index (χ4n) is 3.74. The molecule has 1 aliphatic heterocycles. The molecular weight excluding hydrogens is 326 g/mol. The van der Waals surface area contributed by atoms with Gasteiger partial charge in [0, 0.05) is 18.5 Å². The highest BCUT2D eigenvalue weighted by Gasteiger charge is 2.31. The van der Waals surface area contributed by atoms with Gasteiger partial charge < -0.3 is 20.0 Å².